The monoisotopic (exact) mass is 282 g/mol. The Morgan fingerprint density at radius 2 is 1.57 bits per heavy atom. The third kappa shape index (κ3) is 4.98. The number of benzene rings is 1. The van der Waals surface area contributed by atoms with E-state index in [9.17, 15) is 0 Å². The standard InChI is InChI=1S/C19H26N2/c1-19(2,3)17-7-4-16(5-8-17)14-18(20)9-6-15-10-12-21-13-11-15/h4-5,7-8,10-13,18H,6,9,14,20H2,1-3H3. The summed E-state index contributed by atoms with van der Waals surface area (Å²) >= 11 is 0. The number of nitrogens with zero attached hydrogens (tertiary/aromatic N) is 1. The Morgan fingerprint density at radius 1 is 0.952 bits per heavy atom. The van der Waals surface area contributed by atoms with Gasteiger partial charge in [0.1, 0.15) is 0 Å². The minimum absolute atomic E-state index is 0.207. The molecule has 0 aliphatic rings. The summed E-state index contributed by atoms with van der Waals surface area (Å²) in [5.74, 6) is 0. The second-order valence-corrected chi connectivity index (χ2v) is 6.81. The maximum atomic E-state index is 6.26. The first-order valence-corrected chi connectivity index (χ1v) is 7.69. The van der Waals surface area contributed by atoms with E-state index >= 15 is 0 Å². The molecule has 0 spiro atoms. The van der Waals surface area contributed by atoms with Gasteiger partial charge in [-0.15, -0.1) is 0 Å². The average Bonchev–Trinajstić information content (AvgIpc) is 2.46. The lowest BCUT2D eigenvalue weighted by molar-refractivity contribution is 0.588. The summed E-state index contributed by atoms with van der Waals surface area (Å²) in [6.45, 7) is 6.72. The van der Waals surface area contributed by atoms with E-state index in [0.717, 1.165) is 19.3 Å². The average molecular weight is 282 g/mol. The fourth-order valence-electron chi connectivity index (χ4n) is 2.45. The molecular weight excluding hydrogens is 256 g/mol. The highest BCUT2D eigenvalue weighted by Crippen LogP contribution is 2.22. The number of rotatable bonds is 5. The molecule has 2 heteroatoms. The van der Waals surface area contributed by atoms with Gasteiger partial charge in [0.2, 0.25) is 0 Å². The van der Waals surface area contributed by atoms with Crippen LogP contribution in [0.3, 0.4) is 0 Å². The van der Waals surface area contributed by atoms with Crippen molar-refractivity contribution in [1.29, 1.82) is 0 Å². The topological polar surface area (TPSA) is 38.9 Å². The van der Waals surface area contributed by atoms with E-state index in [2.05, 4.69) is 62.2 Å². The fourth-order valence-corrected chi connectivity index (χ4v) is 2.45. The van der Waals surface area contributed by atoms with Gasteiger partial charge in [-0.05, 0) is 53.5 Å². The van der Waals surface area contributed by atoms with Crippen LogP contribution in [0.4, 0.5) is 0 Å². The molecule has 2 N–H and O–H groups in total. The van der Waals surface area contributed by atoms with E-state index in [4.69, 9.17) is 5.73 Å². The Kier molecular flexibility index (Phi) is 5.13. The van der Waals surface area contributed by atoms with Gasteiger partial charge in [0, 0.05) is 18.4 Å². The Labute approximate surface area is 128 Å². The van der Waals surface area contributed by atoms with E-state index in [0.29, 0.717) is 0 Å². The van der Waals surface area contributed by atoms with Crippen LogP contribution >= 0.6 is 0 Å². The van der Waals surface area contributed by atoms with Crippen molar-refractivity contribution in [3.05, 3.63) is 65.5 Å². The van der Waals surface area contributed by atoms with Crippen LogP contribution in [-0.4, -0.2) is 11.0 Å². The number of aromatic nitrogens is 1. The second kappa shape index (κ2) is 6.86. The maximum Gasteiger partial charge on any atom is 0.0270 e. The molecule has 0 fully saturated rings. The molecule has 0 radical (unpaired) electrons. The molecule has 1 aromatic heterocycles. The third-order valence-corrected chi connectivity index (χ3v) is 3.87. The molecule has 1 atom stereocenters. The lowest BCUT2D eigenvalue weighted by atomic mass is 9.86. The van der Waals surface area contributed by atoms with Gasteiger partial charge in [0.25, 0.3) is 0 Å². The minimum atomic E-state index is 0.207. The van der Waals surface area contributed by atoms with E-state index in [-0.39, 0.29) is 11.5 Å². The first-order valence-electron chi connectivity index (χ1n) is 7.69. The van der Waals surface area contributed by atoms with Crippen molar-refractivity contribution in [1.82, 2.24) is 4.98 Å². The second-order valence-electron chi connectivity index (χ2n) is 6.81. The summed E-state index contributed by atoms with van der Waals surface area (Å²) in [5.41, 5.74) is 10.5. The molecule has 0 amide bonds. The lowest BCUT2D eigenvalue weighted by Gasteiger charge is -2.19. The van der Waals surface area contributed by atoms with Crippen LogP contribution in [0.25, 0.3) is 0 Å². The summed E-state index contributed by atoms with van der Waals surface area (Å²) in [5, 5.41) is 0. The third-order valence-electron chi connectivity index (χ3n) is 3.87. The van der Waals surface area contributed by atoms with E-state index in [1.807, 2.05) is 12.4 Å². The summed E-state index contributed by atoms with van der Waals surface area (Å²) in [7, 11) is 0. The number of pyridine rings is 1. The van der Waals surface area contributed by atoms with E-state index in [1.165, 1.54) is 16.7 Å². The predicted molar refractivity (Wildman–Crippen MR) is 89.4 cm³/mol. The number of hydrogen-bond donors (Lipinski definition) is 1. The Hall–Kier alpha value is -1.67. The summed E-state index contributed by atoms with van der Waals surface area (Å²) in [6, 6.07) is 13.2. The molecule has 0 saturated carbocycles. The van der Waals surface area contributed by atoms with Gasteiger partial charge in [-0.3, -0.25) is 4.98 Å². The van der Waals surface area contributed by atoms with Crippen molar-refractivity contribution in [2.75, 3.05) is 0 Å². The molecule has 1 aromatic carbocycles. The zero-order chi connectivity index (χ0) is 15.3. The summed E-state index contributed by atoms with van der Waals surface area (Å²) in [4.78, 5) is 4.04. The molecule has 0 aliphatic heterocycles. The van der Waals surface area contributed by atoms with Crippen molar-refractivity contribution in [3.63, 3.8) is 0 Å². The first kappa shape index (κ1) is 15.7. The highest BCUT2D eigenvalue weighted by Gasteiger charge is 2.13. The van der Waals surface area contributed by atoms with Gasteiger partial charge in [-0.2, -0.15) is 0 Å². The molecule has 1 unspecified atom stereocenters. The van der Waals surface area contributed by atoms with Crippen molar-refractivity contribution in [3.8, 4) is 0 Å². The van der Waals surface area contributed by atoms with Crippen molar-refractivity contribution >= 4 is 0 Å². The molecule has 2 nitrogen and oxygen atoms in total. The van der Waals surface area contributed by atoms with Crippen LogP contribution in [0.15, 0.2) is 48.8 Å². The smallest absolute Gasteiger partial charge is 0.0270 e. The fraction of sp³-hybridized carbons (Fsp3) is 0.421. The van der Waals surface area contributed by atoms with Crippen LogP contribution < -0.4 is 5.73 Å². The quantitative estimate of drug-likeness (QED) is 0.904. The van der Waals surface area contributed by atoms with Gasteiger partial charge in [-0.25, -0.2) is 0 Å². The number of aryl methyl sites for hydroxylation is 1. The van der Waals surface area contributed by atoms with Gasteiger partial charge < -0.3 is 5.73 Å². The van der Waals surface area contributed by atoms with Crippen molar-refractivity contribution in [2.45, 2.75) is 51.5 Å². The van der Waals surface area contributed by atoms with E-state index in [1.54, 1.807) is 0 Å². The highest BCUT2D eigenvalue weighted by atomic mass is 14.6. The van der Waals surface area contributed by atoms with Gasteiger partial charge in [0.05, 0.1) is 0 Å². The number of hydrogen-bond acceptors (Lipinski definition) is 2. The number of nitrogens with two attached hydrogens (primary N) is 1. The van der Waals surface area contributed by atoms with Crippen LogP contribution in [0.5, 0.6) is 0 Å². The first-order chi connectivity index (χ1) is 9.95. The van der Waals surface area contributed by atoms with Crippen LogP contribution in [0.2, 0.25) is 0 Å². The lowest BCUT2D eigenvalue weighted by Crippen LogP contribution is -2.23. The predicted octanol–water partition coefficient (Wildman–Crippen LogP) is 3.88. The molecule has 0 bridgehead atoms. The maximum absolute atomic E-state index is 6.26. The summed E-state index contributed by atoms with van der Waals surface area (Å²) < 4.78 is 0. The SMILES string of the molecule is CC(C)(C)c1ccc(CC(N)CCc2ccncc2)cc1. The zero-order valence-corrected chi connectivity index (χ0v) is 13.3. The van der Waals surface area contributed by atoms with E-state index < -0.39 is 0 Å². The molecule has 2 aromatic rings. The van der Waals surface area contributed by atoms with Gasteiger partial charge in [0.15, 0.2) is 0 Å². The molecule has 2 rings (SSSR count). The zero-order valence-electron chi connectivity index (χ0n) is 13.3. The van der Waals surface area contributed by atoms with Crippen molar-refractivity contribution in [2.24, 2.45) is 5.73 Å². The molecule has 0 saturated heterocycles. The van der Waals surface area contributed by atoms with Crippen LogP contribution in [0, 0.1) is 0 Å². The summed E-state index contributed by atoms with van der Waals surface area (Å²) in [6.07, 6.45) is 6.64. The Balaban J connectivity index is 1.86. The van der Waals surface area contributed by atoms with Gasteiger partial charge >= 0.3 is 0 Å². The molecular formula is C19H26N2. The largest absolute Gasteiger partial charge is 0.327 e. The van der Waals surface area contributed by atoms with Crippen molar-refractivity contribution < 1.29 is 0 Å². The van der Waals surface area contributed by atoms with Crippen LogP contribution in [0.1, 0.15) is 43.9 Å². The molecule has 21 heavy (non-hydrogen) atoms. The molecule has 112 valence electrons. The van der Waals surface area contributed by atoms with Crippen LogP contribution in [-0.2, 0) is 18.3 Å². The normalized spacial score (nSPS) is 13.1. The Bertz CT molecular complexity index is 538. The van der Waals surface area contributed by atoms with Gasteiger partial charge in [-0.1, -0.05) is 45.0 Å². The molecule has 1 heterocycles. The highest BCUT2D eigenvalue weighted by molar-refractivity contribution is 5.28. The minimum Gasteiger partial charge on any atom is -0.327 e. The molecule has 0 aliphatic carbocycles. The Morgan fingerprint density at radius 3 is 2.14 bits per heavy atom.